The fourth-order valence-corrected chi connectivity index (χ4v) is 1.59. The quantitative estimate of drug-likeness (QED) is 0.544. The molecule has 0 aliphatic rings. The Bertz CT molecular complexity index is 204. The molecule has 0 heterocycles. The van der Waals surface area contributed by atoms with Gasteiger partial charge in [0, 0.05) is 0 Å². The standard InChI is InChI=1S/C13H22/c1-6-8-9-12(3)11-13(4,5)10-7-2/h6-7,9-10H,1,8,11H2,2-5H3. The first-order chi connectivity index (χ1) is 6.02. The number of hydrogen-bond donors (Lipinski definition) is 0. The van der Waals surface area contributed by atoms with Crippen molar-refractivity contribution in [2.75, 3.05) is 0 Å². The molecule has 0 aromatic carbocycles. The Morgan fingerprint density at radius 2 is 2.00 bits per heavy atom. The summed E-state index contributed by atoms with van der Waals surface area (Å²) < 4.78 is 0. The van der Waals surface area contributed by atoms with Gasteiger partial charge in [0.1, 0.15) is 0 Å². The van der Waals surface area contributed by atoms with Crippen molar-refractivity contribution >= 4 is 0 Å². The van der Waals surface area contributed by atoms with Gasteiger partial charge in [-0.3, -0.25) is 0 Å². The van der Waals surface area contributed by atoms with E-state index in [4.69, 9.17) is 0 Å². The molecule has 0 fully saturated rings. The van der Waals surface area contributed by atoms with Gasteiger partial charge in [-0.15, -0.1) is 6.58 Å². The van der Waals surface area contributed by atoms with Crippen molar-refractivity contribution in [1.29, 1.82) is 0 Å². The molecule has 0 bridgehead atoms. The molecule has 0 saturated heterocycles. The summed E-state index contributed by atoms with van der Waals surface area (Å²) in [5.74, 6) is 0. The van der Waals surface area contributed by atoms with Crippen LogP contribution in [0.5, 0.6) is 0 Å². The van der Waals surface area contributed by atoms with E-state index in [1.165, 1.54) is 5.57 Å². The van der Waals surface area contributed by atoms with Crippen LogP contribution in [0.25, 0.3) is 0 Å². The van der Waals surface area contributed by atoms with Gasteiger partial charge in [-0.2, -0.15) is 0 Å². The highest BCUT2D eigenvalue weighted by atomic mass is 14.2. The Labute approximate surface area is 83.0 Å². The second-order valence-corrected chi connectivity index (χ2v) is 4.24. The van der Waals surface area contributed by atoms with Crippen LogP contribution in [-0.2, 0) is 0 Å². The molecule has 0 amide bonds. The minimum Gasteiger partial charge on any atom is -0.103 e. The number of rotatable bonds is 5. The Morgan fingerprint density at radius 3 is 2.46 bits per heavy atom. The van der Waals surface area contributed by atoms with Crippen molar-refractivity contribution < 1.29 is 0 Å². The van der Waals surface area contributed by atoms with Gasteiger partial charge in [0.25, 0.3) is 0 Å². The third-order valence-corrected chi connectivity index (χ3v) is 1.99. The molecule has 0 aliphatic heterocycles. The molecule has 0 unspecified atom stereocenters. The maximum atomic E-state index is 3.71. The predicted molar refractivity (Wildman–Crippen MR) is 61.8 cm³/mol. The van der Waals surface area contributed by atoms with Crippen LogP contribution in [0.3, 0.4) is 0 Å². The van der Waals surface area contributed by atoms with Crippen molar-refractivity contribution in [2.24, 2.45) is 5.41 Å². The normalized spacial score (nSPS) is 13.7. The van der Waals surface area contributed by atoms with Gasteiger partial charge in [-0.05, 0) is 32.1 Å². The predicted octanol–water partition coefficient (Wildman–Crippen LogP) is 4.50. The van der Waals surface area contributed by atoms with Gasteiger partial charge in [0.15, 0.2) is 0 Å². The van der Waals surface area contributed by atoms with Crippen LogP contribution in [0.15, 0.2) is 36.5 Å². The van der Waals surface area contributed by atoms with Crippen LogP contribution in [0.1, 0.15) is 40.5 Å². The molecule has 0 radical (unpaired) electrons. The Morgan fingerprint density at radius 1 is 1.38 bits per heavy atom. The summed E-state index contributed by atoms with van der Waals surface area (Å²) in [5.41, 5.74) is 1.74. The molecule has 0 rings (SSSR count). The first-order valence-electron chi connectivity index (χ1n) is 4.92. The van der Waals surface area contributed by atoms with E-state index in [1.807, 2.05) is 6.08 Å². The highest BCUT2D eigenvalue weighted by molar-refractivity contribution is 5.07. The average molecular weight is 178 g/mol. The lowest BCUT2D eigenvalue weighted by molar-refractivity contribution is 0.474. The van der Waals surface area contributed by atoms with Gasteiger partial charge in [-0.25, -0.2) is 0 Å². The van der Waals surface area contributed by atoms with Crippen LogP contribution < -0.4 is 0 Å². The summed E-state index contributed by atoms with van der Waals surface area (Å²) in [6, 6.07) is 0. The molecule has 0 saturated carbocycles. The van der Waals surface area contributed by atoms with Crippen molar-refractivity contribution in [1.82, 2.24) is 0 Å². The molecule has 74 valence electrons. The third-order valence-electron chi connectivity index (χ3n) is 1.99. The second kappa shape index (κ2) is 5.80. The van der Waals surface area contributed by atoms with Crippen LogP contribution in [0.4, 0.5) is 0 Å². The molecule has 0 aromatic rings. The SMILES string of the molecule is C=CCC=C(C)CC(C)(C)C=CC. The van der Waals surface area contributed by atoms with Crippen molar-refractivity contribution in [3.63, 3.8) is 0 Å². The van der Waals surface area contributed by atoms with Crippen LogP contribution in [0, 0.1) is 5.41 Å². The van der Waals surface area contributed by atoms with Crippen molar-refractivity contribution in [3.8, 4) is 0 Å². The molecule has 0 atom stereocenters. The maximum absolute atomic E-state index is 3.71. The first kappa shape index (κ1) is 12.2. The van der Waals surface area contributed by atoms with E-state index in [9.17, 15) is 0 Å². The summed E-state index contributed by atoms with van der Waals surface area (Å²) in [6.45, 7) is 12.5. The largest absolute Gasteiger partial charge is 0.103 e. The van der Waals surface area contributed by atoms with Gasteiger partial charge in [0.2, 0.25) is 0 Å². The molecular weight excluding hydrogens is 156 g/mol. The molecule has 0 aromatic heterocycles. The highest BCUT2D eigenvalue weighted by Gasteiger charge is 2.13. The Kier molecular flexibility index (Phi) is 5.45. The molecule has 0 heteroatoms. The zero-order chi connectivity index (χ0) is 10.3. The summed E-state index contributed by atoms with van der Waals surface area (Å²) in [5, 5.41) is 0. The molecule has 0 spiro atoms. The number of hydrogen-bond acceptors (Lipinski definition) is 0. The smallest absolute Gasteiger partial charge is 0.0138 e. The first-order valence-corrected chi connectivity index (χ1v) is 4.92. The van der Waals surface area contributed by atoms with Gasteiger partial charge in [0.05, 0.1) is 0 Å². The average Bonchev–Trinajstić information content (AvgIpc) is 1.99. The maximum Gasteiger partial charge on any atom is -0.0138 e. The third kappa shape index (κ3) is 6.39. The van der Waals surface area contributed by atoms with E-state index in [1.54, 1.807) is 0 Å². The Hall–Kier alpha value is -0.780. The summed E-state index contributed by atoms with van der Waals surface area (Å²) >= 11 is 0. The minimum absolute atomic E-state index is 0.288. The van der Waals surface area contributed by atoms with E-state index in [-0.39, 0.29) is 5.41 Å². The van der Waals surface area contributed by atoms with Gasteiger partial charge < -0.3 is 0 Å². The lowest BCUT2D eigenvalue weighted by Crippen LogP contribution is -2.07. The lowest BCUT2D eigenvalue weighted by atomic mass is 9.85. The fourth-order valence-electron chi connectivity index (χ4n) is 1.59. The highest BCUT2D eigenvalue weighted by Crippen LogP contribution is 2.26. The topological polar surface area (TPSA) is 0 Å². The van der Waals surface area contributed by atoms with E-state index in [0.29, 0.717) is 0 Å². The van der Waals surface area contributed by atoms with E-state index in [2.05, 4.69) is 52.5 Å². The van der Waals surface area contributed by atoms with E-state index in [0.717, 1.165) is 12.8 Å². The lowest BCUT2D eigenvalue weighted by Gasteiger charge is -2.20. The minimum atomic E-state index is 0.288. The van der Waals surface area contributed by atoms with Crippen molar-refractivity contribution in [2.45, 2.75) is 40.5 Å². The zero-order valence-corrected chi connectivity index (χ0v) is 9.43. The summed E-state index contributed by atoms with van der Waals surface area (Å²) in [7, 11) is 0. The fraction of sp³-hybridized carbons (Fsp3) is 0.538. The molecule has 0 nitrogen and oxygen atoms in total. The van der Waals surface area contributed by atoms with Gasteiger partial charge >= 0.3 is 0 Å². The molecule has 0 aliphatic carbocycles. The Balaban J connectivity index is 4.17. The van der Waals surface area contributed by atoms with Crippen LogP contribution in [0.2, 0.25) is 0 Å². The zero-order valence-electron chi connectivity index (χ0n) is 9.43. The van der Waals surface area contributed by atoms with Gasteiger partial charge in [-0.1, -0.05) is 43.7 Å². The van der Waals surface area contributed by atoms with E-state index < -0.39 is 0 Å². The molecular formula is C13H22. The van der Waals surface area contributed by atoms with E-state index >= 15 is 0 Å². The monoisotopic (exact) mass is 178 g/mol. The van der Waals surface area contributed by atoms with Crippen LogP contribution >= 0.6 is 0 Å². The summed E-state index contributed by atoms with van der Waals surface area (Å²) in [6.07, 6.45) is 10.7. The molecule has 13 heavy (non-hydrogen) atoms. The second-order valence-electron chi connectivity index (χ2n) is 4.24. The molecule has 0 N–H and O–H groups in total. The van der Waals surface area contributed by atoms with Crippen LogP contribution in [-0.4, -0.2) is 0 Å². The van der Waals surface area contributed by atoms with Crippen molar-refractivity contribution in [3.05, 3.63) is 36.5 Å². The number of allylic oxidation sites excluding steroid dienone is 5. The summed E-state index contributed by atoms with van der Waals surface area (Å²) in [4.78, 5) is 0.